The van der Waals surface area contributed by atoms with Crippen molar-refractivity contribution in [1.29, 1.82) is 0 Å². The summed E-state index contributed by atoms with van der Waals surface area (Å²) in [5.74, 6) is 0. The number of hydrogen-bond acceptors (Lipinski definition) is 10. The number of aliphatic hydroxyl groups is 2. The van der Waals surface area contributed by atoms with Crippen LogP contribution in [0.4, 0.5) is 0 Å². The molecule has 7 rings (SSSR count). The second-order valence-corrected chi connectivity index (χ2v) is 12.8. The Morgan fingerprint density at radius 2 is 1.08 bits per heavy atom. The van der Waals surface area contributed by atoms with Gasteiger partial charge in [-0.1, -0.05) is 121 Å². The van der Waals surface area contributed by atoms with Crippen LogP contribution in [0.5, 0.6) is 0 Å². The third-order valence-corrected chi connectivity index (χ3v) is 9.27. The molecule has 3 aliphatic rings. The molecule has 0 saturated carbocycles. The molecule has 0 amide bonds. The van der Waals surface area contributed by atoms with Crippen LogP contribution in [0.2, 0.25) is 0 Å². The molecule has 0 radical (unpaired) electrons. The zero-order chi connectivity index (χ0) is 34.3. The van der Waals surface area contributed by atoms with E-state index < -0.39 is 67.7 Å². The van der Waals surface area contributed by atoms with Gasteiger partial charge in [-0.3, -0.25) is 0 Å². The lowest BCUT2D eigenvalue weighted by Gasteiger charge is -2.49. The van der Waals surface area contributed by atoms with Crippen molar-refractivity contribution in [3.8, 4) is 0 Å². The molecule has 3 saturated heterocycles. The lowest BCUT2D eigenvalue weighted by atomic mass is 9.96. The maximum absolute atomic E-state index is 11.7. The average molecular weight is 685 g/mol. The molecule has 1 unspecified atom stereocenters. The largest absolute Gasteiger partial charge is 0.387 e. The van der Waals surface area contributed by atoms with E-state index in [0.29, 0.717) is 6.61 Å². The molecule has 4 aromatic carbocycles. The normalized spacial score (nSPS) is 32.7. The molecule has 0 aromatic heterocycles. The molecule has 4 aromatic rings. The van der Waals surface area contributed by atoms with Crippen LogP contribution in [-0.2, 0) is 57.7 Å². The first kappa shape index (κ1) is 34.9. The topological polar surface area (TPSA) is 114 Å². The van der Waals surface area contributed by atoms with E-state index in [0.717, 1.165) is 22.3 Å². The smallest absolute Gasteiger partial charge is 0.187 e. The molecule has 3 heterocycles. The predicted molar refractivity (Wildman–Crippen MR) is 181 cm³/mol. The summed E-state index contributed by atoms with van der Waals surface area (Å²) in [7, 11) is 0. The number of aliphatic hydroxyl groups excluding tert-OH is 2. The van der Waals surface area contributed by atoms with Crippen molar-refractivity contribution in [2.45, 2.75) is 94.4 Å². The quantitative estimate of drug-likeness (QED) is 0.210. The van der Waals surface area contributed by atoms with Crippen LogP contribution in [0.3, 0.4) is 0 Å². The summed E-state index contributed by atoms with van der Waals surface area (Å²) in [6.45, 7) is 2.87. The third kappa shape index (κ3) is 8.33. The van der Waals surface area contributed by atoms with Crippen molar-refractivity contribution >= 4 is 0 Å². The first-order valence-electron chi connectivity index (χ1n) is 17.1. The molecule has 50 heavy (non-hydrogen) atoms. The highest BCUT2D eigenvalue weighted by Crippen LogP contribution is 2.37. The molecular weight excluding hydrogens is 640 g/mol. The van der Waals surface area contributed by atoms with Crippen molar-refractivity contribution < 1.29 is 48.1 Å². The summed E-state index contributed by atoms with van der Waals surface area (Å²) in [5, 5.41) is 22.8. The van der Waals surface area contributed by atoms with E-state index in [1.165, 1.54) is 0 Å². The van der Waals surface area contributed by atoms with Gasteiger partial charge in [0.2, 0.25) is 0 Å². The molecule has 0 aliphatic carbocycles. The Morgan fingerprint density at radius 3 is 1.64 bits per heavy atom. The van der Waals surface area contributed by atoms with Crippen LogP contribution in [0.15, 0.2) is 121 Å². The van der Waals surface area contributed by atoms with E-state index >= 15 is 0 Å². The zero-order valence-corrected chi connectivity index (χ0v) is 27.9. The molecule has 264 valence electrons. The number of benzene rings is 4. The Hall–Kier alpha value is -3.52. The fourth-order valence-electron chi connectivity index (χ4n) is 6.64. The Labute approximate surface area is 292 Å². The minimum atomic E-state index is -1.49. The van der Waals surface area contributed by atoms with Crippen molar-refractivity contribution in [2.75, 3.05) is 6.61 Å². The van der Waals surface area contributed by atoms with Gasteiger partial charge in [0, 0.05) is 5.56 Å². The molecule has 3 aliphatic heterocycles. The fourth-order valence-corrected chi connectivity index (χ4v) is 6.64. The second kappa shape index (κ2) is 16.7. The Kier molecular flexibility index (Phi) is 11.6. The average Bonchev–Trinajstić information content (AvgIpc) is 3.16. The van der Waals surface area contributed by atoms with Crippen molar-refractivity contribution in [3.05, 3.63) is 144 Å². The SMILES string of the molecule is C[C@H]1O[C@H](O[C@@H]2[C@@H](O)[C@@H]3OC(c4ccccc4)OC[C@H]3O[C@@H]2O)[C@H](OCc2ccccc2)[C@@H](OCc2ccccc2)[C@@H]1OCc1ccccc1. The highest BCUT2D eigenvalue weighted by atomic mass is 16.8. The van der Waals surface area contributed by atoms with Gasteiger partial charge in [0.25, 0.3) is 0 Å². The van der Waals surface area contributed by atoms with Gasteiger partial charge in [-0.25, -0.2) is 0 Å². The van der Waals surface area contributed by atoms with Crippen LogP contribution < -0.4 is 0 Å². The van der Waals surface area contributed by atoms with Gasteiger partial charge in [-0.15, -0.1) is 0 Å². The Balaban J connectivity index is 1.14. The van der Waals surface area contributed by atoms with Gasteiger partial charge >= 0.3 is 0 Å². The number of hydrogen-bond donors (Lipinski definition) is 2. The van der Waals surface area contributed by atoms with Crippen LogP contribution >= 0.6 is 0 Å². The van der Waals surface area contributed by atoms with Crippen molar-refractivity contribution in [2.24, 2.45) is 0 Å². The first-order chi connectivity index (χ1) is 24.5. The third-order valence-electron chi connectivity index (χ3n) is 9.27. The Bertz CT molecular complexity index is 1580. The molecule has 10 heteroatoms. The highest BCUT2D eigenvalue weighted by molar-refractivity contribution is 5.18. The summed E-state index contributed by atoms with van der Waals surface area (Å²) >= 11 is 0. The van der Waals surface area contributed by atoms with Crippen LogP contribution in [0.1, 0.15) is 35.5 Å². The van der Waals surface area contributed by atoms with Gasteiger partial charge in [0.05, 0.1) is 32.5 Å². The Morgan fingerprint density at radius 1 is 0.580 bits per heavy atom. The minimum Gasteiger partial charge on any atom is -0.387 e. The van der Waals surface area contributed by atoms with Crippen molar-refractivity contribution in [3.63, 3.8) is 0 Å². The van der Waals surface area contributed by atoms with E-state index in [9.17, 15) is 10.2 Å². The molecule has 11 atom stereocenters. The summed E-state index contributed by atoms with van der Waals surface area (Å²) in [4.78, 5) is 0. The van der Waals surface area contributed by atoms with E-state index in [-0.39, 0.29) is 19.8 Å². The van der Waals surface area contributed by atoms with Gasteiger partial charge in [0.1, 0.15) is 42.7 Å². The van der Waals surface area contributed by atoms with E-state index in [2.05, 4.69) is 0 Å². The van der Waals surface area contributed by atoms with E-state index in [4.69, 9.17) is 37.9 Å². The van der Waals surface area contributed by atoms with Crippen LogP contribution in [-0.4, -0.2) is 78.2 Å². The second-order valence-electron chi connectivity index (χ2n) is 12.8. The van der Waals surface area contributed by atoms with Gasteiger partial charge < -0.3 is 48.1 Å². The predicted octanol–water partition coefficient (Wildman–Crippen LogP) is 5.06. The monoisotopic (exact) mass is 684 g/mol. The zero-order valence-electron chi connectivity index (χ0n) is 27.9. The van der Waals surface area contributed by atoms with Gasteiger partial charge in [-0.05, 0) is 23.6 Å². The molecular formula is C40H44O10. The summed E-state index contributed by atoms with van der Waals surface area (Å²) < 4.78 is 50.7. The number of fused-ring (bicyclic) bond motifs is 1. The van der Waals surface area contributed by atoms with Crippen LogP contribution in [0, 0.1) is 0 Å². The molecule has 10 nitrogen and oxygen atoms in total. The molecule has 3 fully saturated rings. The summed E-state index contributed by atoms with van der Waals surface area (Å²) in [6.07, 6.45) is -9.88. The van der Waals surface area contributed by atoms with E-state index in [1.54, 1.807) is 0 Å². The maximum atomic E-state index is 11.7. The fraction of sp³-hybridized carbons (Fsp3) is 0.400. The standard InChI is InChI=1S/C40H44O10/c1-26-33(43-22-27-14-6-2-7-15-27)36(44-23-28-16-8-3-9-17-28)37(45-24-29-18-10-4-11-19-29)40(47-26)50-35-32(41)34-31(48-38(35)42)25-46-39(49-34)30-20-12-5-13-21-30/h2-21,26,31-42H,22-25H2,1H3/t26-,31-,32+,33-,34-,35-,36+,37-,38+,39?,40-/m1/s1. The van der Waals surface area contributed by atoms with E-state index in [1.807, 2.05) is 128 Å². The lowest BCUT2D eigenvalue weighted by molar-refractivity contribution is -0.391. The van der Waals surface area contributed by atoms with Gasteiger partial charge in [-0.2, -0.15) is 0 Å². The molecule has 0 spiro atoms. The minimum absolute atomic E-state index is 0.126. The lowest BCUT2D eigenvalue weighted by Crippen LogP contribution is -2.66. The molecule has 0 bridgehead atoms. The highest BCUT2D eigenvalue weighted by Gasteiger charge is 2.54. The summed E-state index contributed by atoms with van der Waals surface area (Å²) in [5.41, 5.74) is 3.74. The first-order valence-corrected chi connectivity index (χ1v) is 17.1. The summed E-state index contributed by atoms with van der Waals surface area (Å²) in [6, 6.07) is 39.0. The number of rotatable bonds is 12. The van der Waals surface area contributed by atoms with Crippen molar-refractivity contribution in [1.82, 2.24) is 0 Å². The number of ether oxygens (including phenoxy) is 8. The molecule has 2 N–H and O–H groups in total. The van der Waals surface area contributed by atoms with Gasteiger partial charge in [0.15, 0.2) is 18.9 Å². The van der Waals surface area contributed by atoms with Crippen LogP contribution in [0.25, 0.3) is 0 Å². The maximum Gasteiger partial charge on any atom is 0.187 e.